The molecule has 0 fully saturated rings. The second-order valence-electron chi connectivity index (χ2n) is 4.23. The van der Waals surface area contributed by atoms with Crippen LogP contribution in [-0.4, -0.2) is 12.0 Å². The van der Waals surface area contributed by atoms with Gasteiger partial charge >= 0.3 is 0 Å². The average Bonchev–Trinajstić information content (AvgIpc) is 2.40. The number of nitrogen functional groups attached to an aromatic ring is 1. The first-order valence-corrected chi connectivity index (χ1v) is 5.87. The van der Waals surface area contributed by atoms with Crippen LogP contribution in [0.2, 0.25) is 0 Å². The molecule has 0 aliphatic heterocycles. The molecule has 0 spiro atoms. The van der Waals surface area contributed by atoms with Crippen LogP contribution in [0.5, 0.6) is 17.2 Å². The Morgan fingerprint density at radius 2 is 1.90 bits per heavy atom. The molecule has 0 atom stereocenters. The summed E-state index contributed by atoms with van der Waals surface area (Å²) in [5.74, 6) is 1.52. The molecule has 0 saturated carbocycles. The predicted octanol–water partition coefficient (Wildman–Crippen LogP) is 3.29. The van der Waals surface area contributed by atoms with Crippen LogP contribution < -0.4 is 15.2 Å². The van der Waals surface area contributed by atoms with Gasteiger partial charge in [-0.2, -0.15) is 0 Å². The molecule has 0 radical (unpaired) electrons. The lowest BCUT2D eigenvalue weighted by atomic mass is 10.2. The molecule has 6 nitrogen and oxygen atoms in total. The minimum absolute atomic E-state index is 0.0542. The van der Waals surface area contributed by atoms with Crippen LogP contribution in [0.15, 0.2) is 36.4 Å². The lowest BCUT2D eigenvalue weighted by molar-refractivity contribution is -0.383. The molecule has 0 aliphatic carbocycles. The van der Waals surface area contributed by atoms with Crippen molar-refractivity contribution < 1.29 is 14.4 Å². The van der Waals surface area contributed by atoms with Gasteiger partial charge in [0.25, 0.3) is 5.69 Å². The number of hydrogen-bond acceptors (Lipinski definition) is 5. The number of anilines is 1. The molecule has 6 heteroatoms. The molecule has 20 heavy (non-hydrogen) atoms. The molecule has 0 saturated heterocycles. The highest BCUT2D eigenvalue weighted by Crippen LogP contribution is 2.34. The van der Waals surface area contributed by atoms with Crippen molar-refractivity contribution in [1.29, 1.82) is 0 Å². The van der Waals surface area contributed by atoms with E-state index in [1.54, 1.807) is 13.2 Å². The number of benzene rings is 2. The monoisotopic (exact) mass is 274 g/mol. The SMILES string of the molecule is COc1cc(C)ccc1Oc1ccc([N+](=O)[O-])c(N)c1. The van der Waals surface area contributed by atoms with Crippen molar-refractivity contribution in [2.75, 3.05) is 12.8 Å². The normalized spacial score (nSPS) is 10.1. The molecule has 2 aromatic rings. The summed E-state index contributed by atoms with van der Waals surface area (Å²) in [6, 6.07) is 9.71. The van der Waals surface area contributed by atoms with Gasteiger partial charge in [-0.05, 0) is 30.7 Å². The summed E-state index contributed by atoms with van der Waals surface area (Å²) in [6.45, 7) is 1.94. The summed E-state index contributed by atoms with van der Waals surface area (Å²) in [4.78, 5) is 10.2. The third-order valence-electron chi connectivity index (χ3n) is 2.74. The molecular formula is C14H14N2O4. The first kappa shape index (κ1) is 13.7. The van der Waals surface area contributed by atoms with Crippen LogP contribution in [0.4, 0.5) is 11.4 Å². The number of nitro benzene ring substituents is 1. The quantitative estimate of drug-likeness (QED) is 0.525. The van der Waals surface area contributed by atoms with Gasteiger partial charge in [-0.1, -0.05) is 6.07 Å². The molecule has 0 heterocycles. The average molecular weight is 274 g/mol. The van der Waals surface area contributed by atoms with E-state index in [1.807, 2.05) is 19.1 Å². The summed E-state index contributed by atoms with van der Waals surface area (Å²) < 4.78 is 10.9. The minimum atomic E-state index is -0.536. The lowest BCUT2D eigenvalue weighted by Gasteiger charge is -2.11. The lowest BCUT2D eigenvalue weighted by Crippen LogP contribution is -1.96. The molecule has 0 unspecified atom stereocenters. The van der Waals surface area contributed by atoms with Gasteiger partial charge in [0.15, 0.2) is 11.5 Å². The van der Waals surface area contributed by atoms with Crippen molar-refractivity contribution in [1.82, 2.24) is 0 Å². The second kappa shape index (κ2) is 5.48. The third kappa shape index (κ3) is 2.80. The number of ether oxygens (including phenoxy) is 2. The maximum absolute atomic E-state index is 10.7. The molecule has 0 amide bonds. The van der Waals surface area contributed by atoms with E-state index in [1.165, 1.54) is 18.2 Å². The van der Waals surface area contributed by atoms with Crippen LogP contribution in [0.3, 0.4) is 0 Å². The largest absolute Gasteiger partial charge is 0.493 e. The smallest absolute Gasteiger partial charge is 0.292 e. The Kier molecular flexibility index (Phi) is 3.74. The Morgan fingerprint density at radius 1 is 1.15 bits per heavy atom. The van der Waals surface area contributed by atoms with E-state index < -0.39 is 4.92 Å². The van der Waals surface area contributed by atoms with Gasteiger partial charge in [-0.3, -0.25) is 10.1 Å². The van der Waals surface area contributed by atoms with Gasteiger partial charge in [0.1, 0.15) is 11.4 Å². The second-order valence-corrected chi connectivity index (χ2v) is 4.23. The van der Waals surface area contributed by atoms with Crippen LogP contribution in [0.25, 0.3) is 0 Å². The molecule has 2 N–H and O–H groups in total. The van der Waals surface area contributed by atoms with Gasteiger partial charge in [0, 0.05) is 12.1 Å². The number of rotatable bonds is 4. The molecule has 0 bridgehead atoms. The standard InChI is InChI=1S/C14H14N2O4/c1-9-3-6-13(14(7-9)19-2)20-10-4-5-12(16(17)18)11(15)8-10/h3-8H,15H2,1-2H3. The number of methoxy groups -OCH3 is 1. The Balaban J connectivity index is 2.31. The topological polar surface area (TPSA) is 87.6 Å². The van der Waals surface area contributed by atoms with Crippen molar-refractivity contribution in [3.8, 4) is 17.2 Å². The van der Waals surface area contributed by atoms with E-state index in [9.17, 15) is 10.1 Å². The van der Waals surface area contributed by atoms with Crippen molar-refractivity contribution in [3.63, 3.8) is 0 Å². The molecule has 2 rings (SSSR count). The van der Waals surface area contributed by atoms with E-state index in [0.29, 0.717) is 17.2 Å². The zero-order valence-electron chi connectivity index (χ0n) is 11.1. The van der Waals surface area contributed by atoms with Crippen LogP contribution in [0.1, 0.15) is 5.56 Å². The molecular weight excluding hydrogens is 260 g/mol. The van der Waals surface area contributed by atoms with E-state index in [-0.39, 0.29) is 11.4 Å². The number of nitro groups is 1. The van der Waals surface area contributed by atoms with Crippen molar-refractivity contribution in [2.45, 2.75) is 6.92 Å². The van der Waals surface area contributed by atoms with Crippen LogP contribution in [0, 0.1) is 17.0 Å². The maximum Gasteiger partial charge on any atom is 0.292 e. The number of aryl methyl sites for hydroxylation is 1. The molecule has 0 aliphatic rings. The predicted molar refractivity (Wildman–Crippen MR) is 75.3 cm³/mol. The van der Waals surface area contributed by atoms with Crippen molar-refractivity contribution in [2.24, 2.45) is 0 Å². The fourth-order valence-corrected chi connectivity index (χ4v) is 1.75. The Hall–Kier alpha value is -2.76. The van der Waals surface area contributed by atoms with Crippen molar-refractivity contribution >= 4 is 11.4 Å². The van der Waals surface area contributed by atoms with E-state index in [2.05, 4.69) is 0 Å². The number of hydrogen-bond donors (Lipinski definition) is 1. The van der Waals surface area contributed by atoms with Crippen LogP contribution >= 0.6 is 0 Å². The number of nitrogens with two attached hydrogens (primary N) is 1. The highest BCUT2D eigenvalue weighted by atomic mass is 16.6. The maximum atomic E-state index is 10.7. The first-order chi connectivity index (χ1) is 9.51. The minimum Gasteiger partial charge on any atom is -0.493 e. The van der Waals surface area contributed by atoms with E-state index in [4.69, 9.17) is 15.2 Å². The summed E-state index contributed by atoms with van der Waals surface area (Å²) in [5.41, 5.74) is 6.57. The Labute approximate surface area is 115 Å². The van der Waals surface area contributed by atoms with Crippen molar-refractivity contribution in [3.05, 3.63) is 52.1 Å². The van der Waals surface area contributed by atoms with Gasteiger partial charge in [0.2, 0.25) is 0 Å². The van der Waals surface area contributed by atoms with Gasteiger partial charge in [-0.25, -0.2) is 0 Å². The summed E-state index contributed by atoms with van der Waals surface area (Å²) >= 11 is 0. The number of nitrogens with zero attached hydrogens (tertiary/aromatic N) is 1. The highest BCUT2D eigenvalue weighted by Gasteiger charge is 2.13. The van der Waals surface area contributed by atoms with Gasteiger partial charge < -0.3 is 15.2 Å². The fourth-order valence-electron chi connectivity index (χ4n) is 1.75. The molecule has 0 aromatic heterocycles. The fraction of sp³-hybridized carbons (Fsp3) is 0.143. The van der Waals surface area contributed by atoms with Gasteiger partial charge in [0.05, 0.1) is 12.0 Å². The molecule has 104 valence electrons. The zero-order chi connectivity index (χ0) is 14.7. The van der Waals surface area contributed by atoms with Gasteiger partial charge in [-0.15, -0.1) is 0 Å². The molecule has 2 aromatic carbocycles. The summed E-state index contributed by atoms with van der Waals surface area (Å²) in [5, 5.41) is 10.7. The van der Waals surface area contributed by atoms with E-state index >= 15 is 0 Å². The Morgan fingerprint density at radius 3 is 2.50 bits per heavy atom. The Bertz CT molecular complexity index is 656. The zero-order valence-corrected chi connectivity index (χ0v) is 11.1. The van der Waals surface area contributed by atoms with E-state index in [0.717, 1.165) is 5.56 Å². The summed E-state index contributed by atoms with van der Waals surface area (Å²) in [7, 11) is 1.55. The first-order valence-electron chi connectivity index (χ1n) is 5.87. The third-order valence-corrected chi connectivity index (χ3v) is 2.74. The summed E-state index contributed by atoms with van der Waals surface area (Å²) in [6.07, 6.45) is 0. The highest BCUT2D eigenvalue weighted by molar-refractivity contribution is 5.61. The van der Waals surface area contributed by atoms with Crippen LogP contribution in [-0.2, 0) is 0 Å².